The number of hydrogen-bond acceptors (Lipinski definition) is 5. The first-order valence-corrected chi connectivity index (χ1v) is 9.22. The van der Waals surface area contributed by atoms with E-state index in [4.69, 9.17) is 5.73 Å². The largest absolute Gasteiger partial charge is 0.369 e. The molecule has 3 rings (SSSR count). The molecule has 0 spiro atoms. The number of guanidine groups is 1. The van der Waals surface area contributed by atoms with Crippen LogP contribution < -0.4 is 11.1 Å². The minimum atomic E-state index is -1.19. The van der Waals surface area contributed by atoms with E-state index in [0.717, 1.165) is 5.56 Å². The number of nitrogens with two attached hydrogens (primary N) is 1. The van der Waals surface area contributed by atoms with E-state index < -0.39 is 16.8 Å². The van der Waals surface area contributed by atoms with Crippen molar-refractivity contribution in [1.29, 1.82) is 5.26 Å². The van der Waals surface area contributed by atoms with Gasteiger partial charge in [0.25, 0.3) is 0 Å². The van der Waals surface area contributed by atoms with Gasteiger partial charge in [0.1, 0.15) is 11.4 Å². The van der Waals surface area contributed by atoms with Gasteiger partial charge in [0.2, 0.25) is 5.91 Å². The molecule has 0 radical (unpaired) electrons. The van der Waals surface area contributed by atoms with Crippen molar-refractivity contribution in [3.63, 3.8) is 0 Å². The molecule has 2 aromatic rings. The Kier molecular flexibility index (Phi) is 4.83. The fraction of sp³-hybridized carbons (Fsp3) is 0.318. The number of carbonyl (C=O) groups is 1. The lowest BCUT2D eigenvalue weighted by Gasteiger charge is -2.46. The lowest BCUT2D eigenvalue weighted by Crippen LogP contribution is -2.58. The van der Waals surface area contributed by atoms with Crippen LogP contribution >= 0.6 is 0 Å². The summed E-state index contributed by atoms with van der Waals surface area (Å²) in [6.07, 6.45) is 0. The zero-order valence-electron chi connectivity index (χ0n) is 17.2. The maximum absolute atomic E-state index is 14.9. The number of carbonyl (C=O) groups excluding carboxylic acids is 1. The van der Waals surface area contributed by atoms with Crippen LogP contribution in [0.2, 0.25) is 0 Å². The highest BCUT2D eigenvalue weighted by molar-refractivity contribution is 6.01. The first-order chi connectivity index (χ1) is 13.5. The molecule has 0 fully saturated rings. The van der Waals surface area contributed by atoms with Crippen molar-refractivity contribution in [2.75, 3.05) is 12.4 Å². The highest BCUT2D eigenvalue weighted by Gasteiger charge is 2.53. The molecule has 0 unspecified atom stereocenters. The molecule has 29 heavy (non-hydrogen) atoms. The van der Waals surface area contributed by atoms with Crippen LogP contribution in [0.15, 0.2) is 41.4 Å². The molecule has 3 N–H and O–H groups in total. The van der Waals surface area contributed by atoms with Crippen LogP contribution in [-0.2, 0) is 10.3 Å². The topological polar surface area (TPSA) is 94.5 Å². The first-order valence-electron chi connectivity index (χ1n) is 9.22. The normalized spacial score (nSPS) is 20.8. The number of halogens is 1. The van der Waals surface area contributed by atoms with Gasteiger partial charge in [0.15, 0.2) is 5.96 Å². The molecule has 1 heterocycles. The summed E-state index contributed by atoms with van der Waals surface area (Å²) in [6, 6.07) is 12.2. The Hall–Kier alpha value is -3.40. The minimum absolute atomic E-state index is 0.0479. The second-order valence-corrected chi connectivity index (χ2v) is 7.99. The number of aryl methyl sites for hydroxylation is 1. The lowest BCUT2D eigenvalue weighted by molar-refractivity contribution is -0.140. The lowest BCUT2D eigenvalue weighted by atomic mass is 9.67. The molecule has 0 saturated heterocycles. The van der Waals surface area contributed by atoms with E-state index in [-0.39, 0.29) is 17.4 Å². The standard InChI is InChI=1S/C22H24FN5O/c1-13-6-7-15(10-14(13)12-24)26-16-8-9-18(23)17(11-16)22(4)21(2,3)19(29)28(5)20(25)27-22/h6-11,26H,1-5H3,(H2,25,27)/t22-/m0/s1. The summed E-state index contributed by atoms with van der Waals surface area (Å²) in [6.45, 7) is 7.05. The van der Waals surface area contributed by atoms with E-state index in [2.05, 4.69) is 16.4 Å². The van der Waals surface area contributed by atoms with Crippen LogP contribution in [0.25, 0.3) is 0 Å². The number of anilines is 2. The van der Waals surface area contributed by atoms with Crippen molar-refractivity contribution in [2.45, 2.75) is 33.2 Å². The van der Waals surface area contributed by atoms with Crippen LogP contribution in [0.1, 0.15) is 37.5 Å². The molecule has 0 saturated carbocycles. The summed E-state index contributed by atoms with van der Waals surface area (Å²) < 4.78 is 14.9. The van der Waals surface area contributed by atoms with Crippen LogP contribution in [0.3, 0.4) is 0 Å². The second kappa shape index (κ2) is 6.89. The molecule has 1 aliphatic heterocycles. The van der Waals surface area contributed by atoms with Crippen LogP contribution in [-0.4, -0.2) is 23.8 Å². The van der Waals surface area contributed by atoms with Crippen LogP contribution in [0, 0.1) is 29.5 Å². The Morgan fingerprint density at radius 2 is 1.79 bits per heavy atom. The Bertz CT molecular complexity index is 1070. The van der Waals surface area contributed by atoms with Crippen molar-refractivity contribution in [3.05, 3.63) is 58.9 Å². The Morgan fingerprint density at radius 1 is 1.17 bits per heavy atom. The third-order valence-corrected chi connectivity index (χ3v) is 5.88. The SMILES string of the molecule is Cc1ccc(Nc2ccc(F)c([C@]3(C)N=C(N)N(C)C(=O)C3(C)C)c2)cc1C#N. The number of benzene rings is 2. The minimum Gasteiger partial charge on any atom is -0.369 e. The fourth-order valence-corrected chi connectivity index (χ4v) is 3.54. The molecule has 0 aromatic heterocycles. The molecule has 2 aromatic carbocycles. The predicted octanol–water partition coefficient (Wildman–Crippen LogP) is 3.78. The summed E-state index contributed by atoms with van der Waals surface area (Å²) in [5, 5.41) is 12.4. The summed E-state index contributed by atoms with van der Waals surface area (Å²) in [5.41, 5.74) is 6.77. The maximum atomic E-state index is 14.9. The quantitative estimate of drug-likeness (QED) is 0.830. The molecule has 1 aliphatic rings. The Balaban J connectivity index is 2.08. The number of rotatable bonds is 3. The van der Waals surface area contributed by atoms with Gasteiger partial charge in [0, 0.05) is 24.0 Å². The zero-order chi connectivity index (χ0) is 21.6. The second-order valence-electron chi connectivity index (χ2n) is 7.99. The molecular formula is C22H24FN5O. The smallest absolute Gasteiger partial charge is 0.237 e. The molecule has 7 heteroatoms. The highest BCUT2D eigenvalue weighted by atomic mass is 19.1. The van der Waals surface area contributed by atoms with Crippen molar-refractivity contribution < 1.29 is 9.18 Å². The third-order valence-electron chi connectivity index (χ3n) is 5.88. The first kappa shape index (κ1) is 20.3. The van der Waals surface area contributed by atoms with Crippen LogP contribution in [0.4, 0.5) is 15.8 Å². The Morgan fingerprint density at radius 3 is 2.45 bits per heavy atom. The summed E-state index contributed by atoms with van der Waals surface area (Å²) in [5.74, 6) is -0.657. The number of hydrogen-bond donors (Lipinski definition) is 2. The Labute approximate surface area is 169 Å². The van der Waals surface area contributed by atoms with E-state index in [1.54, 1.807) is 46.0 Å². The van der Waals surface area contributed by atoms with Gasteiger partial charge in [-0.2, -0.15) is 5.26 Å². The average molecular weight is 393 g/mol. The highest BCUT2D eigenvalue weighted by Crippen LogP contribution is 2.47. The molecule has 1 amide bonds. The van der Waals surface area contributed by atoms with Crippen molar-refractivity contribution in [3.8, 4) is 6.07 Å². The molecule has 6 nitrogen and oxygen atoms in total. The van der Waals surface area contributed by atoms with Crippen LogP contribution in [0.5, 0.6) is 0 Å². The van der Waals surface area contributed by atoms with Gasteiger partial charge in [-0.25, -0.2) is 9.38 Å². The third kappa shape index (κ3) is 3.21. The van der Waals surface area contributed by atoms with E-state index in [0.29, 0.717) is 16.9 Å². The average Bonchev–Trinajstić information content (AvgIpc) is 2.68. The van der Waals surface area contributed by atoms with E-state index in [9.17, 15) is 14.4 Å². The number of nitrogens with one attached hydrogen (secondary N) is 1. The summed E-state index contributed by atoms with van der Waals surface area (Å²) >= 11 is 0. The number of aliphatic imine (C=N–C) groups is 1. The number of nitrogens with zero attached hydrogens (tertiary/aromatic N) is 3. The fourth-order valence-electron chi connectivity index (χ4n) is 3.54. The maximum Gasteiger partial charge on any atom is 0.237 e. The van der Waals surface area contributed by atoms with Crippen molar-refractivity contribution in [1.82, 2.24) is 4.90 Å². The number of amides is 1. The van der Waals surface area contributed by atoms with E-state index in [1.165, 1.54) is 11.0 Å². The summed E-state index contributed by atoms with van der Waals surface area (Å²) in [7, 11) is 1.56. The number of nitriles is 1. The zero-order valence-corrected chi connectivity index (χ0v) is 17.2. The predicted molar refractivity (Wildman–Crippen MR) is 111 cm³/mol. The summed E-state index contributed by atoms with van der Waals surface area (Å²) in [4.78, 5) is 18.6. The molecule has 0 aliphatic carbocycles. The van der Waals surface area contributed by atoms with E-state index in [1.807, 2.05) is 19.1 Å². The van der Waals surface area contributed by atoms with Crippen molar-refractivity contribution >= 4 is 23.2 Å². The van der Waals surface area contributed by atoms with Gasteiger partial charge in [0.05, 0.1) is 17.0 Å². The molecule has 1 atom stereocenters. The van der Waals surface area contributed by atoms with Gasteiger partial charge >= 0.3 is 0 Å². The van der Waals surface area contributed by atoms with Crippen molar-refractivity contribution in [2.24, 2.45) is 16.1 Å². The molecule has 150 valence electrons. The van der Waals surface area contributed by atoms with Gasteiger partial charge in [-0.1, -0.05) is 6.07 Å². The monoisotopic (exact) mass is 393 g/mol. The molecular weight excluding hydrogens is 369 g/mol. The van der Waals surface area contributed by atoms with Gasteiger partial charge < -0.3 is 11.1 Å². The van der Waals surface area contributed by atoms with E-state index >= 15 is 0 Å². The van der Waals surface area contributed by atoms with Gasteiger partial charge in [-0.3, -0.25) is 9.69 Å². The van der Waals surface area contributed by atoms with Gasteiger partial charge in [-0.05, 0) is 63.6 Å². The molecule has 0 bridgehead atoms. The van der Waals surface area contributed by atoms with Gasteiger partial charge in [-0.15, -0.1) is 0 Å².